The molecule has 1 N–H and O–H groups in total. The second-order valence-corrected chi connectivity index (χ2v) is 6.15. The van der Waals surface area contributed by atoms with E-state index in [2.05, 4.69) is 26.8 Å². The van der Waals surface area contributed by atoms with Crippen LogP contribution in [0.5, 0.6) is 0 Å². The lowest BCUT2D eigenvalue weighted by molar-refractivity contribution is 0.0114. The Morgan fingerprint density at radius 1 is 1.35 bits per heavy atom. The molecule has 0 bridgehead atoms. The zero-order valence-corrected chi connectivity index (χ0v) is 11.6. The largest absolute Gasteiger partial charge is 0.391 e. The van der Waals surface area contributed by atoms with Crippen LogP contribution in [0, 0.1) is 28.6 Å². The predicted molar refractivity (Wildman–Crippen MR) is 70.4 cm³/mol. The zero-order chi connectivity index (χ0) is 12.9. The van der Waals surface area contributed by atoms with Gasteiger partial charge in [-0.15, -0.1) is 0 Å². The first kappa shape index (κ1) is 14.5. The fourth-order valence-electron chi connectivity index (χ4n) is 3.08. The van der Waals surface area contributed by atoms with Crippen LogP contribution in [-0.2, 0) is 0 Å². The molecular formula is C15H27NO. The van der Waals surface area contributed by atoms with E-state index in [9.17, 15) is 10.4 Å². The van der Waals surface area contributed by atoms with Crippen molar-refractivity contribution >= 4 is 0 Å². The molecule has 0 aromatic carbocycles. The Morgan fingerprint density at radius 2 is 1.94 bits per heavy atom. The Kier molecular flexibility index (Phi) is 5.46. The maximum atomic E-state index is 10.3. The highest BCUT2D eigenvalue weighted by Crippen LogP contribution is 2.43. The van der Waals surface area contributed by atoms with E-state index in [4.69, 9.17) is 0 Å². The summed E-state index contributed by atoms with van der Waals surface area (Å²) in [7, 11) is 0. The Balaban J connectivity index is 2.58. The Labute approximate surface area is 106 Å². The first-order valence-corrected chi connectivity index (χ1v) is 7.13. The van der Waals surface area contributed by atoms with Crippen LogP contribution >= 0.6 is 0 Å². The van der Waals surface area contributed by atoms with Crippen LogP contribution in [0.15, 0.2) is 0 Å². The third-order valence-corrected chi connectivity index (χ3v) is 4.25. The summed E-state index contributed by atoms with van der Waals surface area (Å²) in [4.78, 5) is 0. The number of aliphatic hydroxyl groups is 1. The van der Waals surface area contributed by atoms with Crippen molar-refractivity contribution in [2.75, 3.05) is 0 Å². The summed E-state index contributed by atoms with van der Waals surface area (Å²) in [5.41, 5.74) is -0.450. The second-order valence-electron chi connectivity index (χ2n) is 6.15. The summed E-state index contributed by atoms with van der Waals surface area (Å²) in [5.74, 6) is 1.25. The van der Waals surface area contributed by atoms with E-state index in [0.717, 1.165) is 38.0 Å². The summed E-state index contributed by atoms with van der Waals surface area (Å²) < 4.78 is 0. The van der Waals surface area contributed by atoms with Crippen LogP contribution in [0.2, 0.25) is 0 Å². The van der Waals surface area contributed by atoms with Crippen molar-refractivity contribution < 1.29 is 5.11 Å². The molecule has 0 aromatic heterocycles. The van der Waals surface area contributed by atoms with Crippen molar-refractivity contribution in [2.45, 2.75) is 71.8 Å². The van der Waals surface area contributed by atoms with Gasteiger partial charge in [-0.1, -0.05) is 33.6 Å². The van der Waals surface area contributed by atoms with E-state index in [-0.39, 0.29) is 0 Å². The minimum Gasteiger partial charge on any atom is -0.391 e. The van der Waals surface area contributed by atoms with Gasteiger partial charge in [-0.3, -0.25) is 0 Å². The summed E-state index contributed by atoms with van der Waals surface area (Å²) in [6.45, 7) is 6.44. The van der Waals surface area contributed by atoms with Gasteiger partial charge in [0.1, 0.15) is 0 Å². The minimum atomic E-state index is -0.450. The molecular weight excluding hydrogens is 210 g/mol. The van der Waals surface area contributed by atoms with E-state index in [1.54, 1.807) is 0 Å². The third kappa shape index (κ3) is 3.71. The van der Waals surface area contributed by atoms with Crippen molar-refractivity contribution in [2.24, 2.45) is 17.3 Å². The van der Waals surface area contributed by atoms with Crippen LogP contribution < -0.4 is 0 Å². The van der Waals surface area contributed by atoms with Gasteiger partial charge in [-0.25, -0.2) is 0 Å². The van der Waals surface area contributed by atoms with E-state index in [1.165, 1.54) is 12.8 Å². The predicted octanol–water partition coefficient (Wildman–Crippen LogP) is 3.89. The lowest BCUT2D eigenvalue weighted by Gasteiger charge is -2.38. The van der Waals surface area contributed by atoms with Crippen molar-refractivity contribution in [3.05, 3.63) is 0 Å². The number of hydrogen-bond acceptors (Lipinski definition) is 2. The second kappa shape index (κ2) is 6.40. The lowest BCUT2D eigenvalue weighted by atomic mass is 9.66. The van der Waals surface area contributed by atoms with Crippen molar-refractivity contribution in [3.8, 4) is 6.07 Å². The van der Waals surface area contributed by atoms with Crippen molar-refractivity contribution in [1.29, 1.82) is 5.26 Å². The molecule has 0 saturated heterocycles. The molecule has 0 aliphatic heterocycles. The highest BCUT2D eigenvalue weighted by Gasteiger charge is 2.41. The average molecular weight is 237 g/mol. The maximum Gasteiger partial charge on any atom is 0.0832 e. The van der Waals surface area contributed by atoms with Crippen molar-refractivity contribution in [1.82, 2.24) is 0 Å². The van der Waals surface area contributed by atoms with Crippen LogP contribution in [-0.4, -0.2) is 11.2 Å². The lowest BCUT2D eigenvalue weighted by Crippen LogP contribution is -2.38. The fraction of sp³-hybridized carbons (Fsp3) is 0.933. The average Bonchev–Trinajstić information content (AvgIpc) is 2.30. The molecule has 0 heterocycles. The molecule has 2 heteroatoms. The molecule has 98 valence electrons. The molecule has 0 spiro atoms. The maximum absolute atomic E-state index is 10.3. The molecule has 1 rings (SSSR count). The molecule has 1 aliphatic carbocycles. The Hall–Kier alpha value is -0.550. The molecule has 1 fully saturated rings. The topological polar surface area (TPSA) is 44.0 Å². The van der Waals surface area contributed by atoms with Gasteiger partial charge in [0.05, 0.1) is 17.6 Å². The minimum absolute atomic E-state index is 0.435. The zero-order valence-electron chi connectivity index (χ0n) is 11.6. The van der Waals surface area contributed by atoms with E-state index < -0.39 is 11.5 Å². The first-order chi connectivity index (χ1) is 8.04. The summed E-state index contributed by atoms with van der Waals surface area (Å²) >= 11 is 0. The molecule has 0 aromatic rings. The molecule has 17 heavy (non-hydrogen) atoms. The normalized spacial score (nSPS) is 31.2. The molecule has 2 nitrogen and oxygen atoms in total. The Morgan fingerprint density at radius 3 is 2.35 bits per heavy atom. The molecule has 1 aliphatic rings. The number of nitrogens with zero attached hydrogens (tertiary/aromatic N) is 1. The fourth-order valence-corrected chi connectivity index (χ4v) is 3.08. The number of aliphatic hydroxyl groups excluding tert-OH is 1. The monoisotopic (exact) mass is 237 g/mol. The standard InChI is InChI=1S/C15H27NO/c1-4-5-13-6-8-15(11-16,9-7-13)14(17)10-12(2)3/h12-14,17H,4-10H2,1-3H3. The molecule has 1 saturated carbocycles. The van der Waals surface area contributed by atoms with E-state index in [0.29, 0.717) is 5.92 Å². The molecule has 0 amide bonds. The number of rotatable bonds is 5. The van der Waals surface area contributed by atoms with Crippen LogP contribution in [0.3, 0.4) is 0 Å². The quantitative estimate of drug-likeness (QED) is 0.788. The SMILES string of the molecule is CCCC1CCC(C#N)(C(O)CC(C)C)CC1. The van der Waals surface area contributed by atoms with Crippen molar-refractivity contribution in [3.63, 3.8) is 0 Å². The van der Waals surface area contributed by atoms with Gasteiger partial charge in [0.15, 0.2) is 0 Å². The Bertz CT molecular complexity index is 259. The smallest absolute Gasteiger partial charge is 0.0832 e. The molecule has 1 atom stereocenters. The highest BCUT2D eigenvalue weighted by molar-refractivity contribution is 5.06. The van der Waals surface area contributed by atoms with Crippen LogP contribution in [0.1, 0.15) is 65.7 Å². The first-order valence-electron chi connectivity index (χ1n) is 7.13. The third-order valence-electron chi connectivity index (χ3n) is 4.25. The summed E-state index contributed by atoms with van der Waals surface area (Å²) in [6.07, 6.45) is 6.86. The summed E-state index contributed by atoms with van der Waals surface area (Å²) in [6, 6.07) is 2.44. The van der Waals surface area contributed by atoms with Gasteiger partial charge in [0, 0.05) is 0 Å². The van der Waals surface area contributed by atoms with Crippen LogP contribution in [0.4, 0.5) is 0 Å². The van der Waals surface area contributed by atoms with Crippen LogP contribution in [0.25, 0.3) is 0 Å². The molecule has 0 radical (unpaired) electrons. The van der Waals surface area contributed by atoms with E-state index >= 15 is 0 Å². The van der Waals surface area contributed by atoms with Gasteiger partial charge >= 0.3 is 0 Å². The van der Waals surface area contributed by atoms with Gasteiger partial charge in [0.25, 0.3) is 0 Å². The summed E-state index contributed by atoms with van der Waals surface area (Å²) in [5, 5.41) is 19.7. The van der Waals surface area contributed by atoms with Gasteiger partial charge in [0.2, 0.25) is 0 Å². The number of hydrogen-bond donors (Lipinski definition) is 1. The van der Waals surface area contributed by atoms with Gasteiger partial charge < -0.3 is 5.11 Å². The van der Waals surface area contributed by atoms with Gasteiger partial charge in [-0.05, 0) is 43.9 Å². The van der Waals surface area contributed by atoms with E-state index in [1.807, 2.05) is 0 Å². The van der Waals surface area contributed by atoms with Gasteiger partial charge in [-0.2, -0.15) is 5.26 Å². The number of nitriles is 1. The molecule has 1 unspecified atom stereocenters. The highest BCUT2D eigenvalue weighted by atomic mass is 16.3.